The topological polar surface area (TPSA) is 0 Å². The maximum Gasteiger partial charge on any atom is -0.00141 e. The third-order valence-corrected chi connectivity index (χ3v) is 13.2. The Hall–Kier alpha value is -8.58. The summed E-state index contributed by atoms with van der Waals surface area (Å²) in [7, 11) is 0. The first-order chi connectivity index (χ1) is 32.8. The van der Waals surface area contributed by atoms with Gasteiger partial charge in [-0.2, -0.15) is 0 Å². The van der Waals surface area contributed by atoms with Crippen molar-refractivity contribution in [3.05, 3.63) is 266 Å². The number of hydrogen-bond acceptors (Lipinski definition) is 0. The SMILES string of the molecule is C(=Cc1cccc(-c2cccc3c(-c4ccccc4)c4ccccc4c(-c4ccccc4)c23)c1)c1cccc(-c2ccc3c(-c4ccccc4)c4ccccc4c(-c4ccccc4)c3c2)c1. The predicted molar refractivity (Wildman–Crippen MR) is 284 cm³/mol. The van der Waals surface area contributed by atoms with Gasteiger partial charge in [0.05, 0.1) is 0 Å². The summed E-state index contributed by atoms with van der Waals surface area (Å²) in [5.74, 6) is 0. The summed E-state index contributed by atoms with van der Waals surface area (Å²) in [6.45, 7) is 0. The third kappa shape index (κ3) is 6.97. The lowest BCUT2D eigenvalue weighted by atomic mass is 9.83. The number of fused-ring (bicyclic) bond motifs is 4. The molecule has 0 heteroatoms. The normalized spacial score (nSPS) is 11.6. The molecular weight excluding hydrogens is 793 g/mol. The summed E-state index contributed by atoms with van der Waals surface area (Å²) in [5, 5.41) is 10.1. The molecule has 12 aromatic carbocycles. The van der Waals surface area contributed by atoms with Crippen molar-refractivity contribution >= 4 is 55.2 Å². The van der Waals surface area contributed by atoms with Gasteiger partial charge in [-0.25, -0.2) is 0 Å². The van der Waals surface area contributed by atoms with E-state index in [1.165, 1.54) is 110 Å². The standard InChI is InChI=1S/C66H44/c1-5-22-47(23-6-1)62-55-32-13-14-33-56(55)64(49-26-9-3-10-27-49)61-44-52(40-41-59(61)62)51-30-17-20-45(42-51)38-39-46-21-18-31-53(43-46)54-36-19-37-60-63(48-24-7-2-8-25-48)57-34-15-16-35-58(57)65(66(54)60)50-28-11-4-12-29-50/h1-44H. The summed E-state index contributed by atoms with van der Waals surface area (Å²) >= 11 is 0. The Morgan fingerprint density at radius 2 is 0.545 bits per heavy atom. The molecule has 0 nitrogen and oxygen atoms in total. The average Bonchev–Trinajstić information content (AvgIpc) is 3.39. The lowest BCUT2D eigenvalue weighted by molar-refractivity contribution is 1.60. The first-order valence-corrected chi connectivity index (χ1v) is 22.8. The smallest absolute Gasteiger partial charge is 0.00141 e. The van der Waals surface area contributed by atoms with Gasteiger partial charge in [0.25, 0.3) is 0 Å². The van der Waals surface area contributed by atoms with E-state index in [0.29, 0.717) is 0 Å². The largest absolute Gasteiger partial charge is 0.0622 e. The predicted octanol–water partition coefficient (Wildman–Crippen LogP) is 18.5. The highest BCUT2D eigenvalue weighted by atomic mass is 14.2. The summed E-state index contributed by atoms with van der Waals surface area (Å²) in [4.78, 5) is 0. The second-order valence-corrected chi connectivity index (χ2v) is 17.1. The minimum Gasteiger partial charge on any atom is -0.0622 e. The van der Waals surface area contributed by atoms with Crippen LogP contribution in [0.25, 0.3) is 122 Å². The fourth-order valence-corrected chi connectivity index (χ4v) is 10.3. The van der Waals surface area contributed by atoms with Crippen LogP contribution in [-0.2, 0) is 0 Å². The first-order valence-electron chi connectivity index (χ1n) is 22.8. The van der Waals surface area contributed by atoms with Gasteiger partial charge in [-0.15, -0.1) is 0 Å². The lowest BCUT2D eigenvalue weighted by Gasteiger charge is -2.20. The molecule has 0 radical (unpaired) electrons. The van der Waals surface area contributed by atoms with Crippen molar-refractivity contribution in [3.63, 3.8) is 0 Å². The monoisotopic (exact) mass is 836 g/mol. The van der Waals surface area contributed by atoms with E-state index in [-0.39, 0.29) is 0 Å². The lowest BCUT2D eigenvalue weighted by Crippen LogP contribution is -1.93. The number of benzene rings is 12. The fraction of sp³-hybridized carbons (Fsp3) is 0. The Morgan fingerprint density at radius 3 is 1.08 bits per heavy atom. The van der Waals surface area contributed by atoms with Crippen LogP contribution in [0.5, 0.6) is 0 Å². The van der Waals surface area contributed by atoms with Crippen molar-refractivity contribution < 1.29 is 0 Å². The van der Waals surface area contributed by atoms with Gasteiger partial charge < -0.3 is 0 Å². The maximum absolute atomic E-state index is 2.41. The van der Waals surface area contributed by atoms with Gasteiger partial charge in [-0.3, -0.25) is 0 Å². The molecule has 0 atom stereocenters. The van der Waals surface area contributed by atoms with Gasteiger partial charge in [0.2, 0.25) is 0 Å². The summed E-state index contributed by atoms with van der Waals surface area (Å²) in [6.07, 6.45) is 4.50. The minimum atomic E-state index is 1.15. The van der Waals surface area contributed by atoms with Gasteiger partial charge in [-0.05, 0) is 139 Å². The summed E-state index contributed by atoms with van der Waals surface area (Å²) in [5.41, 5.74) is 17.1. The minimum absolute atomic E-state index is 1.15. The van der Waals surface area contributed by atoms with Crippen LogP contribution in [0.4, 0.5) is 0 Å². The molecule has 0 spiro atoms. The molecular formula is C66H44. The average molecular weight is 837 g/mol. The van der Waals surface area contributed by atoms with E-state index in [1.807, 2.05) is 0 Å². The summed E-state index contributed by atoms with van der Waals surface area (Å²) < 4.78 is 0. The second kappa shape index (κ2) is 16.8. The highest BCUT2D eigenvalue weighted by Gasteiger charge is 2.20. The second-order valence-electron chi connectivity index (χ2n) is 17.1. The van der Waals surface area contributed by atoms with Crippen molar-refractivity contribution in [2.45, 2.75) is 0 Å². The quantitative estimate of drug-likeness (QED) is 0.106. The van der Waals surface area contributed by atoms with Crippen LogP contribution < -0.4 is 0 Å². The highest BCUT2D eigenvalue weighted by Crippen LogP contribution is 2.48. The van der Waals surface area contributed by atoms with Crippen LogP contribution in [-0.4, -0.2) is 0 Å². The Labute approximate surface area is 386 Å². The van der Waals surface area contributed by atoms with Crippen LogP contribution in [0.2, 0.25) is 0 Å². The molecule has 0 aliphatic carbocycles. The van der Waals surface area contributed by atoms with E-state index in [9.17, 15) is 0 Å². The maximum atomic E-state index is 2.41. The molecule has 66 heavy (non-hydrogen) atoms. The van der Waals surface area contributed by atoms with E-state index < -0.39 is 0 Å². The van der Waals surface area contributed by atoms with Gasteiger partial charge in [0.15, 0.2) is 0 Å². The third-order valence-electron chi connectivity index (χ3n) is 13.2. The van der Waals surface area contributed by atoms with Gasteiger partial charge in [-0.1, -0.05) is 249 Å². The Kier molecular flexibility index (Phi) is 9.97. The van der Waals surface area contributed by atoms with Gasteiger partial charge in [0.1, 0.15) is 0 Å². The zero-order valence-corrected chi connectivity index (χ0v) is 36.4. The summed E-state index contributed by atoms with van der Waals surface area (Å²) in [6, 6.07) is 93.0. The Balaban J connectivity index is 0.963. The molecule has 12 aromatic rings. The van der Waals surface area contributed by atoms with Crippen molar-refractivity contribution in [1.82, 2.24) is 0 Å². The molecule has 0 heterocycles. The molecule has 0 aliphatic rings. The molecule has 0 unspecified atom stereocenters. The zero-order valence-electron chi connectivity index (χ0n) is 36.4. The number of hydrogen-bond donors (Lipinski definition) is 0. The van der Waals surface area contributed by atoms with E-state index in [1.54, 1.807) is 0 Å². The van der Waals surface area contributed by atoms with E-state index in [0.717, 1.165) is 11.1 Å². The van der Waals surface area contributed by atoms with Crippen LogP contribution >= 0.6 is 0 Å². The van der Waals surface area contributed by atoms with Crippen LogP contribution in [0.15, 0.2) is 255 Å². The molecule has 308 valence electrons. The molecule has 0 aliphatic heterocycles. The van der Waals surface area contributed by atoms with Crippen molar-refractivity contribution in [1.29, 1.82) is 0 Å². The zero-order chi connectivity index (χ0) is 43.8. The fourth-order valence-electron chi connectivity index (χ4n) is 10.3. The molecule has 0 saturated heterocycles. The van der Waals surface area contributed by atoms with Gasteiger partial charge in [0, 0.05) is 0 Å². The molecule has 0 N–H and O–H groups in total. The van der Waals surface area contributed by atoms with Crippen LogP contribution in [0, 0.1) is 0 Å². The van der Waals surface area contributed by atoms with Gasteiger partial charge >= 0.3 is 0 Å². The molecule has 0 fully saturated rings. The van der Waals surface area contributed by atoms with Crippen molar-refractivity contribution in [2.24, 2.45) is 0 Å². The highest BCUT2D eigenvalue weighted by molar-refractivity contribution is 6.25. The van der Waals surface area contributed by atoms with Crippen LogP contribution in [0.1, 0.15) is 11.1 Å². The van der Waals surface area contributed by atoms with E-state index in [2.05, 4.69) is 267 Å². The van der Waals surface area contributed by atoms with Crippen LogP contribution in [0.3, 0.4) is 0 Å². The first kappa shape index (κ1) is 39.0. The Morgan fingerprint density at radius 1 is 0.197 bits per heavy atom. The molecule has 0 aromatic heterocycles. The van der Waals surface area contributed by atoms with E-state index in [4.69, 9.17) is 0 Å². The molecule has 0 bridgehead atoms. The molecule has 12 rings (SSSR count). The van der Waals surface area contributed by atoms with Crippen molar-refractivity contribution in [2.75, 3.05) is 0 Å². The van der Waals surface area contributed by atoms with E-state index >= 15 is 0 Å². The Bertz CT molecular complexity index is 3770. The molecule has 0 saturated carbocycles. The molecule has 0 amide bonds. The van der Waals surface area contributed by atoms with Crippen molar-refractivity contribution in [3.8, 4) is 66.8 Å². The number of rotatable bonds is 8.